The van der Waals surface area contributed by atoms with Gasteiger partial charge in [-0.15, -0.1) is 0 Å². The Morgan fingerprint density at radius 2 is 2.00 bits per heavy atom. The number of fused-ring (bicyclic) bond motifs is 1. The summed E-state index contributed by atoms with van der Waals surface area (Å²) in [4.78, 5) is 12.6. The van der Waals surface area contributed by atoms with E-state index in [1.807, 2.05) is 13.0 Å². The van der Waals surface area contributed by atoms with Crippen LogP contribution in [0.15, 0.2) is 41.3 Å². The molecule has 1 atom stereocenters. The summed E-state index contributed by atoms with van der Waals surface area (Å²) in [5, 5.41) is 2.92. The summed E-state index contributed by atoms with van der Waals surface area (Å²) in [6, 6.07) is 9.76. The fraction of sp³-hybridized carbons (Fsp3) is 0.381. The summed E-state index contributed by atoms with van der Waals surface area (Å²) >= 11 is 6.20. The number of amides is 1. The Morgan fingerprint density at radius 1 is 1.20 bits per heavy atom. The van der Waals surface area contributed by atoms with Gasteiger partial charge >= 0.3 is 0 Å². The fourth-order valence-corrected chi connectivity index (χ4v) is 5.78. The van der Waals surface area contributed by atoms with Crippen molar-refractivity contribution in [3.05, 3.63) is 52.5 Å². The predicted molar refractivity (Wildman–Crippen MR) is 112 cm³/mol. The minimum Gasteiger partial charge on any atom is -0.454 e. The molecule has 0 bridgehead atoms. The van der Waals surface area contributed by atoms with Crippen LogP contribution in [-0.2, 0) is 16.6 Å². The molecule has 30 heavy (non-hydrogen) atoms. The Bertz CT molecular complexity index is 1070. The van der Waals surface area contributed by atoms with Crippen LogP contribution in [0.1, 0.15) is 35.7 Å². The van der Waals surface area contributed by atoms with Gasteiger partial charge in [0.15, 0.2) is 11.5 Å². The van der Waals surface area contributed by atoms with Crippen LogP contribution in [0.25, 0.3) is 0 Å². The minimum absolute atomic E-state index is 0.0333. The summed E-state index contributed by atoms with van der Waals surface area (Å²) in [6.07, 6.45) is 1.82. The van der Waals surface area contributed by atoms with Crippen molar-refractivity contribution in [1.29, 1.82) is 0 Å². The monoisotopic (exact) mass is 450 g/mol. The Hall–Kier alpha value is -2.29. The Morgan fingerprint density at radius 3 is 2.80 bits per heavy atom. The highest BCUT2D eigenvalue weighted by Gasteiger charge is 2.31. The molecule has 2 aliphatic heterocycles. The molecule has 7 nitrogen and oxygen atoms in total. The topological polar surface area (TPSA) is 84.9 Å². The lowest BCUT2D eigenvalue weighted by molar-refractivity contribution is 0.0950. The van der Waals surface area contributed by atoms with E-state index in [-0.39, 0.29) is 34.7 Å². The molecule has 0 radical (unpaired) electrons. The number of sulfonamides is 1. The average molecular weight is 451 g/mol. The van der Waals surface area contributed by atoms with Crippen LogP contribution in [-0.4, -0.2) is 38.5 Å². The van der Waals surface area contributed by atoms with Crippen molar-refractivity contribution in [3.8, 4) is 11.5 Å². The highest BCUT2D eigenvalue weighted by Crippen LogP contribution is 2.32. The van der Waals surface area contributed by atoms with E-state index >= 15 is 0 Å². The summed E-state index contributed by atoms with van der Waals surface area (Å²) in [5.41, 5.74) is 1.08. The third kappa shape index (κ3) is 4.26. The van der Waals surface area contributed by atoms with Crippen LogP contribution in [0.2, 0.25) is 5.02 Å². The van der Waals surface area contributed by atoms with Crippen LogP contribution in [0, 0.1) is 5.92 Å². The van der Waals surface area contributed by atoms with Gasteiger partial charge in [0, 0.05) is 25.2 Å². The molecule has 1 fully saturated rings. The van der Waals surface area contributed by atoms with Gasteiger partial charge in [0.2, 0.25) is 16.8 Å². The van der Waals surface area contributed by atoms with E-state index in [4.69, 9.17) is 21.1 Å². The number of carbonyl (C=O) groups excluding carboxylic acids is 1. The zero-order valence-corrected chi connectivity index (χ0v) is 18.1. The molecule has 160 valence electrons. The summed E-state index contributed by atoms with van der Waals surface area (Å²) < 4.78 is 38.3. The number of nitrogens with zero attached hydrogens (tertiary/aromatic N) is 1. The first-order valence-corrected chi connectivity index (χ1v) is 11.6. The second-order valence-electron chi connectivity index (χ2n) is 7.63. The second kappa shape index (κ2) is 8.45. The predicted octanol–water partition coefficient (Wildman–Crippen LogP) is 3.42. The Labute approximate surface area is 181 Å². The van der Waals surface area contributed by atoms with Gasteiger partial charge in [-0.3, -0.25) is 4.79 Å². The molecule has 2 aromatic carbocycles. The van der Waals surface area contributed by atoms with Crippen molar-refractivity contribution in [1.82, 2.24) is 9.62 Å². The summed E-state index contributed by atoms with van der Waals surface area (Å²) in [6.45, 7) is 3.40. The number of ether oxygens (including phenoxy) is 2. The summed E-state index contributed by atoms with van der Waals surface area (Å²) in [5.74, 6) is 1.22. The van der Waals surface area contributed by atoms with E-state index in [1.165, 1.54) is 22.5 Å². The van der Waals surface area contributed by atoms with Crippen molar-refractivity contribution in [3.63, 3.8) is 0 Å². The average Bonchev–Trinajstić information content (AvgIpc) is 3.20. The standard InChI is InChI=1S/C21H23ClN2O5S/c1-14-3-2-8-24(12-14)30(26,27)20-10-16(5-6-17(20)22)21(25)23-11-15-4-7-18-19(9-15)29-13-28-18/h4-7,9-10,14H,2-3,8,11-13H2,1H3,(H,23,25)/t14-/m0/s1. The number of nitrogens with one attached hydrogen (secondary N) is 1. The molecular weight excluding hydrogens is 428 g/mol. The Balaban J connectivity index is 1.50. The number of piperidine rings is 1. The van der Waals surface area contributed by atoms with Gasteiger partial charge in [0.25, 0.3) is 5.91 Å². The minimum atomic E-state index is -3.76. The lowest BCUT2D eigenvalue weighted by atomic mass is 10.0. The molecule has 0 saturated carbocycles. The molecule has 0 spiro atoms. The maximum absolute atomic E-state index is 13.1. The lowest BCUT2D eigenvalue weighted by Gasteiger charge is -2.30. The zero-order chi connectivity index (χ0) is 21.3. The van der Waals surface area contributed by atoms with Crippen molar-refractivity contribution >= 4 is 27.5 Å². The normalized spacial score (nSPS) is 18.9. The fourth-order valence-electron chi connectivity index (χ4n) is 3.68. The third-order valence-electron chi connectivity index (χ3n) is 5.32. The van der Waals surface area contributed by atoms with Crippen LogP contribution in [0.5, 0.6) is 11.5 Å². The van der Waals surface area contributed by atoms with E-state index in [0.29, 0.717) is 30.5 Å². The van der Waals surface area contributed by atoms with Crippen molar-refractivity contribution in [2.75, 3.05) is 19.9 Å². The van der Waals surface area contributed by atoms with Gasteiger partial charge in [0.1, 0.15) is 4.90 Å². The van der Waals surface area contributed by atoms with Gasteiger partial charge in [-0.05, 0) is 54.7 Å². The molecule has 2 heterocycles. The molecule has 0 unspecified atom stereocenters. The SMILES string of the molecule is C[C@H]1CCCN(S(=O)(=O)c2cc(C(=O)NCc3ccc4c(c3)OCO4)ccc2Cl)C1. The number of carbonyl (C=O) groups is 1. The molecule has 1 saturated heterocycles. The number of rotatable bonds is 5. The smallest absolute Gasteiger partial charge is 0.251 e. The Kier molecular flexibility index (Phi) is 5.90. The molecule has 1 amide bonds. The highest BCUT2D eigenvalue weighted by atomic mass is 35.5. The van der Waals surface area contributed by atoms with Crippen LogP contribution in [0.3, 0.4) is 0 Å². The van der Waals surface area contributed by atoms with E-state index in [1.54, 1.807) is 12.1 Å². The molecule has 4 rings (SSSR count). The van der Waals surface area contributed by atoms with Gasteiger partial charge < -0.3 is 14.8 Å². The number of benzene rings is 2. The number of hydrogen-bond acceptors (Lipinski definition) is 5. The lowest BCUT2D eigenvalue weighted by Crippen LogP contribution is -2.39. The van der Waals surface area contributed by atoms with E-state index in [0.717, 1.165) is 18.4 Å². The molecular formula is C21H23ClN2O5S. The van der Waals surface area contributed by atoms with Gasteiger partial charge in [-0.2, -0.15) is 4.31 Å². The van der Waals surface area contributed by atoms with Crippen molar-refractivity contribution < 1.29 is 22.7 Å². The maximum Gasteiger partial charge on any atom is 0.251 e. The molecule has 0 aromatic heterocycles. The molecule has 2 aliphatic rings. The van der Waals surface area contributed by atoms with Crippen LogP contribution >= 0.6 is 11.6 Å². The first-order chi connectivity index (χ1) is 14.3. The molecule has 1 N–H and O–H groups in total. The summed E-state index contributed by atoms with van der Waals surface area (Å²) in [7, 11) is -3.76. The van der Waals surface area contributed by atoms with Crippen LogP contribution < -0.4 is 14.8 Å². The van der Waals surface area contributed by atoms with E-state index < -0.39 is 10.0 Å². The number of halogens is 1. The van der Waals surface area contributed by atoms with E-state index in [2.05, 4.69) is 5.32 Å². The van der Waals surface area contributed by atoms with Crippen molar-refractivity contribution in [2.24, 2.45) is 5.92 Å². The van der Waals surface area contributed by atoms with Gasteiger partial charge in [0.05, 0.1) is 5.02 Å². The highest BCUT2D eigenvalue weighted by molar-refractivity contribution is 7.89. The van der Waals surface area contributed by atoms with Crippen LogP contribution in [0.4, 0.5) is 0 Å². The molecule has 9 heteroatoms. The number of hydrogen-bond donors (Lipinski definition) is 1. The van der Waals surface area contributed by atoms with Gasteiger partial charge in [-0.1, -0.05) is 24.6 Å². The maximum atomic E-state index is 13.1. The second-order valence-corrected chi connectivity index (χ2v) is 9.94. The first-order valence-electron chi connectivity index (χ1n) is 9.81. The molecule has 2 aromatic rings. The van der Waals surface area contributed by atoms with E-state index in [9.17, 15) is 13.2 Å². The third-order valence-corrected chi connectivity index (χ3v) is 7.67. The zero-order valence-electron chi connectivity index (χ0n) is 16.6. The molecule has 0 aliphatic carbocycles. The van der Waals surface area contributed by atoms with Gasteiger partial charge in [-0.25, -0.2) is 8.42 Å². The first kappa shape index (κ1) is 21.0. The largest absolute Gasteiger partial charge is 0.454 e. The quantitative estimate of drug-likeness (QED) is 0.754. The van der Waals surface area contributed by atoms with Crippen molar-refractivity contribution in [2.45, 2.75) is 31.2 Å².